The zero-order chi connectivity index (χ0) is 10.5. The summed E-state index contributed by atoms with van der Waals surface area (Å²) in [5, 5.41) is 11.8. The molecule has 0 aliphatic rings. The molecule has 1 N–H and O–H groups in total. The van der Waals surface area contributed by atoms with Gasteiger partial charge >= 0.3 is 0 Å². The molecule has 0 aliphatic carbocycles. The molecule has 0 heterocycles. The first-order valence-electron chi connectivity index (χ1n) is 4.62. The predicted molar refractivity (Wildman–Crippen MR) is 59.7 cm³/mol. The molecule has 0 atom stereocenters. The lowest BCUT2D eigenvalue weighted by Crippen LogP contribution is -1.89. The van der Waals surface area contributed by atoms with Crippen LogP contribution in [0.15, 0.2) is 48.5 Å². The summed E-state index contributed by atoms with van der Waals surface area (Å²) in [5.41, 5.74) is 2.54. The molecule has 0 saturated heterocycles. The molecule has 0 unspecified atom stereocenters. The molecule has 0 spiro atoms. The van der Waals surface area contributed by atoms with Gasteiger partial charge in [0.05, 0.1) is 11.6 Å². The number of para-hydroxylation sites is 1. The van der Waals surface area contributed by atoms with Gasteiger partial charge in [-0.25, -0.2) is 0 Å². The highest BCUT2D eigenvalue weighted by Gasteiger charge is 1.94. The maximum Gasteiger partial charge on any atom is 0.0991 e. The Bertz CT molecular complexity index is 466. The first-order valence-corrected chi connectivity index (χ1v) is 4.62. The van der Waals surface area contributed by atoms with Crippen molar-refractivity contribution in [3.05, 3.63) is 60.2 Å². The van der Waals surface area contributed by atoms with E-state index in [0.29, 0.717) is 5.56 Å². The number of nitrogens with one attached hydrogen (secondary N) is 1. The van der Waals surface area contributed by atoms with E-state index in [0.717, 1.165) is 11.4 Å². The second-order valence-electron chi connectivity index (χ2n) is 3.09. The van der Waals surface area contributed by atoms with Crippen LogP contribution >= 0.6 is 0 Å². The number of hydrogen-bond donors (Lipinski definition) is 1. The van der Waals surface area contributed by atoms with Gasteiger partial charge in [-0.1, -0.05) is 18.2 Å². The number of anilines is 2. The second kappa shape index (κ2) is 4.30. The third-order valence-electron chi connectivity index (χ3n) is 2.00. The second-order valence-corrected chi connectivity index (χ2v) is 3.09. The van der Waals surface area contributed by atoms with Crippen molar-refractivity contribution in [3.63, 3.8) is 0 Å². The van der Waals surface area contributed by atoms with Gasteiger partial charge in [0.15, 0.2) is 0 Å². The lowest BCUT2D eigenvalue weighted by Gasteiger charge is -2.04. The average molecular weight is 193 g/mol. The Balaban J connectivity index is 2.16. The minimum absolute atomic E-state index is 0.664. The van der Waals surface area contributed by atoms with Crippen molar-refractivity contribution in [1.29, 1.82) is 5.26 Å². The van der Waals surface area contributed by atoms with Crippen molar-refractivity contribution in [1.82, 2.24) is 0 Å². The highest BCUT2D eigenvalue weighted by molar-refractivity contribution is 5.59. The Morgan fingerprint density at radius 3 is 2.47 bits per heavy atom. The number of hydrogen-bond acceptors (Lipinski definition) is 2. The van der Waals surface area contributed by atoms with Crippen LogP contribution in [0.4, 0.5) is 11.4 Å². The van der Waals surface area contributed by atoms with Gasteiger partial charge in [-0.05, 0) is 30.3 Å². The van der Waals surface area contributed by atoms with Crippen LogP contribution < -0.4 is 5.32 Å². The molecular weight excluding hydrogens is 184 g/mol. The van der Waals surface area contributed by atoms with Gasteiger partial charge in [0.2, 0.25) is 0 Å². The lowest BCUT2D eigenvalue weighted by molar-refractivity contribution is 1.47. The Hall–Kier alpha value is -2.27. The highest BCUT2D eigenvalue weighted by atomic mass is 14.9. The van der Waals surface area contributed by atoms with Crippen LogP contribution in [0.3, 0.4) is 0 Å². The van der Waals surface area contributed by atoms with Crippen LogP contribution in [0.5, 0.6) is 0 Å². The van der Waals surface area contributed by atoms with Crippen molar-refractivity contribution in [2.45, 2.75) is 0 Å². The summed E-state index contributed by atoms with van der Waals surface area (Å²) in [4.78, 5) is 0. The lowest BCUT2D eigenvalue weighted by atomic mass is 10.2. The molecule has 1 radical (unpaired) electrons. The summed E-state index contributed by atoms with van der Waals surface area (Å²) in [6.07, 6.45) is 0. The van der Waals surface area contributed by atoms with Crippen LogP contribution in [0.1, 0.15) is 5.56 Å². The summed E-state index contributed by atoms with van der Waals surface area (Å²) < 4.78 is 0. The van der Waals surface area contributed by atoms with Crippen LogP contribution in [-0.2, 0) is 0 Å². The van der Waals surface area contributed by atoms with Crippen LogP contribution in [0, 0.1) is 17.4 Å². The first-order chi connectivity index (χ1) is 7.38. The fourth-order valence-corrected chi connectivity index (χ4v) is 1.25. The predicted octanol–water partition coefficient (Wildman–Crippen LogP) is 3.10. The monoisotopic (exact) mass is 193 g/mol. The number of benzene rings is 2. The van der Waals surface area contributed by atoms with Crippen molar-refractivity contribution >= 4 is 11.4 Å². The van der Waals surface area contributed by atoms with Gasteiger partial charge in [-0.3, -0.25) is 0 Å². The molecule has 0 amide bonds. The van der Waals surface area contributed by atoms with E-state index in [2.05, 4.69) is 17.5 Å². The maximum absolute atomic E-state index is 8.64. The minimum Gasteiger partial charge on any atom is -0.355 e. The van der Waals surface area contributed by atoms with Gasteiger partial charge in [-0.15, -0.1) is 0 Å². The average Bonchev–Trinajstić information content (AvgIpc) is 2.31. The molecular formula is C13H9N2. The zero-order valence-corrected chi connectivity index (χ0v) is 8.07. The Labute approximate surface area is 88.8 Å². The summed E-state index contributed by atoms with van der Waals surface area (Å²) in [6.45, 7) is 0. The normalized spacial score (nSPS) is 9.27. The standard InChI is InChI=1S/C13H9N2/c14-10-11-6-8-13(9-7-11)15-12-4-2-1-3-5-12/h1-4,6-9,15H. The van der Waals surface area contributed by atoms with Gasteiger partial charge in [-0.2, -0.15) is 5.26 Å². The number of nitrogens with zero attached hydrogens (tertiary/aromatic N) is 1. The van der Waals surface area contributed by atoms with Crippen molar-refractivity contribution in [2.24, 2.45) is 0 Å². The van der Waals surface area contributed by atoms with Crippen LogP contribution in [0.2, 0.25) is 0 Å². The maximum atomic E-state index is 8.64. The summed E-state index contributed by atoms with van der Waals surface area (Å²) >= 11 is 0. The zero-order valence-electron chi connectivity index (χ0n) is 8.07. The summed E-state index contributed by atoms with van der Waals surface area (Å²) in [5.74, 6) is 0. The number of nitriles is 1. The molecule has 0 aromatic heterocycles. The molecule has 0 aliphatic heterocycles. The van der Waals surface area contributed by atoms with Crippen LogP contribution in [-0.4, -0.2) is 0 Å². The minimum atomic E-state index is 0.664. The van der Waals surface area contributed by atoms with Crippen molar-refractivity contribution < 1.29 is 0 Å². The van der Waals surface area contributed by atoms with E-state index in [4.69, 9.17) is 5.26 Å². The first kappa shape index (κ1) is 9.29. The molecule has 15 heavy (non-hydrogen) atoms. The van der Waals surface area contributed by atoms with Gasteiger partial charge in [0.1, 0.15) is 0 Å². The molecule has 2 nitrogen and oxygen atoms in total. The van der Waals surface area contributed by atoms with E-state index in [1.54, 1.807) is 12.1 Å². The van der Waals surface area contributed by atoms with E-state index in [1.165, 1.54) is 0 Å². The Morgan fingerprint density at radius 2 is 1.87 bits per heavy atom. The highest BCUT2D eigenvalue weighted by Crippen LogP contribution is 2.15. The van der Waals surface area contributed by atoms with E-state index in [-0.39, 0.29) is 0 Å². The number of rotatable bonds is 2. The fourth-order valence-electron chi connectivity index (χ4n) is 1.25. The molecule has 2 aromatic rings. The topological polar surface area (TPSA) is 35.8 Å². The van der Waals surface area contributed by atoms with Crippen LogP contribution in [0.25, 0.3) is 0 Å². The van der Waals surface area contributed by atoms with Gasteiger partial charge in [0.25, 0.3) is 0 Å². The fraction of sp³-hybridized carbons (Fsp3) is 0. The largest absolute Gasteiger partial charge is 0.355 e. The summed E-state index contributed by atoms with van der Waals surface area (Å²) in [6, 6.07) is 20.1. The Morgan fingerprint density at radius 1 is 1.07 bits per heavy atom. The third-order valence-corrected chi connectivity index (χ3v) is 2.00. The smallest absolute Gasteiger partial charge is 0.0991 e. The molecule has 0 saturated carbocycles. The van der Waals surface area contributed by atoms with Crippen molar-refractivity contribution in [2.75, 3.05) is 5.32 Å². The van der Waals surface area contributed by atoms with E-state index >= 15 is 0 Å². The summed E-state index contributed by atoms with van der Waals surface area (Å²) in [7, 11) is 0. The molecule has 2 aromatic carbocycles. The van der Waals surface area contributed by atoms with E-state index < -0.39 is 0 Å². The SMILES string of the molecule is N#Cc1ccc(Nc2[c]cccc2)cc1. The molecule has 71 valence electrons. The van der Waals surface area contributed by atoms with E-state index in [9.17, 15) is 0 Å². The molecule has 2 rings (SSSR count). The third kappa shape index (κ3) is 2.35. The molecule has 0 bridgehead atoms. The molecule has 2 heteroatoms. The Kier molecular flexibility index (Phi) is 2.66. The van der Waals surface area contributed by atoms with E-state index in [1.807, 2.05) is 36.4 Å². The quantitative estimate of drug-likeness (QED) is 0.795. The van der Waals surface area contributed by atoms with Crippen molar-refractivity contribution in [3.8, 4) is 6.07 Å². The van der Waals surface area contributed by atoms with Gasteiger partial charge < -0.3 is 5.32 Å². The van der Waals surface area contributed by atoms with Gasteiger partial charge in [0, 0.05) is 17.4 Å². The molecule has 0 fully saturated rings.